The fourth-order valence-electron chi connectivity index (χ4n) is 19.8. The van der Waals surface area contributed by atoms with E-state index in [1.165, 1.54) is 0 Å². The number of aliphatic hydroxyl groups excluding tert-OH is 21. The van der Waals surface area contributed by atoms with Gasteiger partial charge in [-0.3, -0.25) is 4.79 Å². The van der Waals surface area contributed by atoms with Gasteiger partial charge in [0.2, 0.25) is 0 Å². The second-order valence-corrected chi connectivity index (χ2v) is 39.8. The second-order valence-electron chi connectivity index (χ2n) is 34.8. The Morgan fingerprint density at radius 1 is 0.600 bits per heavy atom. The second kappa shape index (κ2) is 37.2. The molecule has 11 rings (SSSR count). The maximum absolute atomic E-state index is 15.8. The van der Waals surface area contributed by atoms with Crippen LogP contribution in [0.15, 0.2) is 11.6 Å². The van der Waals surface area contributed by atoms with Crippen molar-refractivity contribution >= 4 is 18.2 Å². The molecule has 115 heavy (non-hydrogen) atoms. The number of hydrogen-bond acceptors (Lipinski definition) is 39. The van der Waals surface area contributed by atoms with Gasteiger partial charge >= 0.3 is 281 Å². The zero-order valence-electron chi connectivity index (χ0n) is 65.3. The third kappa shape index (κ3) is 18.2. The number of carboxylic acids is 1. The van der Waals surface area contributed by atoms with Crippen molar-refractivity contribution in [1.29, 1.82) is 0 Å². The van der Waals surface area contributed by atoms with Gasteiger partial charge in [-0.25, -0.2) is 4.79 Å². The fourth-order valence-corrected chi connectivity index (χ4v) is 24.7. The summed E-state index contributed by atoms with van der Waals surface area (Å²) in [6.07, 6.45) is -50.9. The molecule has 0 aromatic rings. The molecule has 11 aliphatic rings. The number of ether oxygens (including phenoxy) is 14. The summed E-state index contributed by atoms with van der Waals surface area (Å²) < 4.78 is 86.1. The van der Waals surface area contributed by atoms with E-state index in [0.717, 1.165) is 25.7 Å². The Kier molecular flexibility index (Phi) is 30.2. The number of rotatable bonds is 29. The van der Waals surface area contributed by atoms with Crippen molar-refractivity contribution in [3.05, 3.63) is 11.6 Å². The summed E-state index contributed by atoms with van der Waals surface area (Å²) in [5.74, 6) is -3.49. The number of fused-ring (bicyclic) bond motifs is 7. The van der Waals surface area contributed by atoms with Gasteiger partial charge in [0, 0.05) is 0 Å². The summed E-state index contributed by atoms with van der Waals surface area (Å²) >= 11 is -3.81. The number of allylic oxidation sites excluding steroid dienone is 2. The summed E-state index contributed by atoms with van der Waals surface area (Å²) in [5.41, 5.74) is -3.82. The van der Waals surface area contributed by atoms with Crippen molar-refractivity contribution < 1.29 is 216 Å². The normalized spacial score (nSPS) is 47.6. The summed E-state index contributed by atoms with van der Waals surface area (Å²) in [6, 6.07) is 0. The molecule has 42 atom stereocenters. The van der Waals surface area contributed by atoms with Gasteiger partial charge < -0.3 is 89.4 Å². The average molecular weight is 1780 g/mol. The molecule has 5 aliphatic carbocycles. The van der Waals surface area contributed by atoms with Crippen LogP contribution < -0.4 is 20.2 Å². The molecule has 10 fully saturated rings. The first-order chi connectivity index (χ1) is 53.9. The van der Waals surface area contributed by atoms with Crippen LogP contribution in [0.5, 0.6) is 0 Å². The van der Waals surface area contributed by atoms with Crippen LogP contribution in [-0.2, 0) is 83.8 Å². The topological polar surface area (TPSA) is 635 Å². The summed E-state index contributed by atoms with van der Waals surface area (Å²) in [6.45, 7) is 9.14. The van der Waals surface area contributed by atoms with E-state index in [1.54, 1.807) is 6.92 Å². The van der Waals surface area contributed by atoms with Crippen molar-refractivity contribution in [2.45, 2.75) is 324 Å². The van der Waals surface area contributed by atoms with Crippen molar-refractivity contribution in [2.24, 2.45) is 50.2 Å². The maximum atomic E-state index is 15.8. The van der Waals surface area contributed by atoms with Crippen molar-refractivity contribution in [1.82, 2.24) is 0 Å². The van der Waals surface area contributed by atoms with Crippen molar-refractivity contribution in [3.8, 4) is 0 Å². The van der Waals surface area contributed by atoms with E-state index in [4.69, 9.17) is 69.4 Å². The number of aldehydes is 1. The average Bonchev–Trinajstić information content (AvgIpc) is 0.667. The Morgan fingerprint density at radius 3 is 1.83 bits per heavy atom. The Hall–Kier alpha value is -2.32. The molecule has 21 unspecified atom stereocenters. The third-order valence-electron chi connectivity index (χ3n) is 27.1. The number of carboxylic acid groups (broad SMARTS) is 1. The van der Waals surface area contributed by atoms with Crippen LogP contribution in [0.25, 0.3) is 0 Å². The Labute approximate surface area is 670 Å². The molecule has 4 saturated carbocycles. The monoisotopic (exact) mass is 1780 g/mol. The van der Waals surface area contributed by atoms with Gasteiger partial charge in [0.05, 0.1) is 49.5 Å². The number of aliphatic hydroxyl groups is 21. The summed E-state index contributed by atoms with van der Waals surface area (Å²) in [5, 5.41) is 239. The Bertz CT molecular complexity index is 3260. The van der Waals surface area contributed by atoms with Crippen molar-refractivity contribution in [3.63, 3.8) is 0 Å². The van der Waals surface area contributed by atoms with E-state index in [2.05, 4.69) is 40.7 Å². The molecule has 1 radical (unpaired) electrons. The molecule has 665 valence electrons. The van der Waals surface area contributed by atoms with E-state index in [-0.39, 0.29) is 24.2 Å². The molecule has 0 bridgehead atoms. The van der Waals surface area contributed by atoms with E-state index < -0.39 is 329 Å². The number of alkyl halides is 2. The van der Waals surface area contributed by atoms with E-state index in [0.29, 0.717) is 51.4 Å². The van der Waals surface area contributed by atoms with E-state index in [9.17, 15) is 122 Å². The molecule has 6 heterocycles. The summed E-state index contributed by atoms with van der Waals surface area (Å²) in [4.78, 5) is 43.1. The van der Waals surface area contributed by atoms with Crippen molar-refractivity contribution in [2.75, 3.05) is 53.0 Å². The van der Waals surface area contributed by atoms with E-state index >= 15 is 4.79 Å². The SMILES string of the molecule is CC(O)C(O)[C@H](O)C(OCOC1C(O)[C@H](O[C@H]2C(O)[C@@H](O)CO[C@H]2OC(=O)[C@]23CCC(C)(C)C[C@H]2C2=CCC4C(C)(CCC5[C@](C)(C=O)C(O[C@H](OC(C(=O)O)[C@H](C)O)C(CO[C@@H]6OC[C@H](O)C(O)C6O)O[C@@H]6OC(CO)[C@H](O)C(O)C6O)CC[C@]45C)[C@]2(C)CC3)OC[C@@H]1O[C@@H]1OC[C@@H](O)C(O)C1O)C(O)[I-]1OC[C@@H](O)C(O)[C@@H]1O. The number of hydrogen-bond donors (Lipinski definition) is 22. The van der Waals surface area contributed by atoms with Gasteiger partial charge in [-0.15, -0.1) is 0 Å². The van der Waals surface area contributed by atoms with Gasteiger partial charge in [-0.1, -0.05) is 53.2 Å². The molecule has 40 nitrogen and oxygen atoms in total. The molecular weight excluding hydrogens is 1660 g/mol. The number of halogens is 1. The predicted octanol–water partition coefficient (Wildman–Crippen LogP) is -10.5. The first kappa shape index (κ1) is 93.4. The van der Waals surface area contributed by atoms with Gasteiger partial charge in [-0.2, -0.15) is 0 Å². The van der Waals surface area contributed by atoms with Crippen LogP contribution in [-0.4, -0.2) is 388 Å². The van der Waals surface area contributed by atoms with Crippen LogP contribution in [0.3, 0.4) is 0 Å². The third-order valence-corrected chi connectivity index (χ3v) is 32.2. The molecule has 0 spiro atoms. The zero-order valence-corrected chi connectivity index (χ0v) is 67.5. The van der Waals surface area contributed by atoms with Crippen LogP contribution in [0, 0.1) is 50.2 Å². The number of carbonyl (C=O) groups is 3. The van der Waals surface area contributed by atoms with Crippen LogP contribution in [0.1, 0.15) is 120 Å². The number of carbonyl (C=O) groups excluding carboxylic acids is 2. The molecule has 6 aliphatic heterocycles. The Morgan fingerprint density at radius 2 is 1.20 bits per heavy atom. The molecule has 0 aromatic carbocycles. The van der Waals surface area contributed by atoms with Crippen LogP contribution in [0.2, 0.25) is 0 Å². The standard InChI is InChI=1S/C74H121IO40/c1-29(78)43(84)50(91)57(60(97)75-59(96)47(88)36(83)24-108-75)107-28-106-56-38(110-64-52(93)45(86)34(81)22-102-64)25-105-65(54(56)95)114-58-46(87)35(82)23-103-67(58)115-68(100)74-17-15-69(3,4)19-32(74)31-9-10-41-70(5)13-12-42(71(6,27-77)40(70)11-14-73(41,8)72(31,7)16-18-74)112-62(113-55(30(2)79)61(98)99)39(26-104-63-51(92)44(85)33(80)21-101-63)111-66-53(94)49(90)48(89)37(20-76)109-66/h9,27,29-30,32-60,62-67,76,78-97H,10-26,28H2,1-8H3,(H,98,99)/q-1/t29?,30-,32-,33-,34+,35-,36+,37?,38-,39?,40?,41?,42?,43?,44?,45?,46?,47?,48-,49?,50-,51?,52?,53?,54?,55?,56?,57?,58-,59-,60?,62+,63-,64-,65-,66-,67-,70-,71-,72+,73?,74-/m0/s1. The molecular formula is C74H121IO40-. The van der Waals surface area contributed by atoms with Gasteiger partial charge in [-0.05, 0) is 111 Å². The van der Waals surface area contributed by atoms with Crippen LogP contribution >= 0.6 is 0 Å². The van der Waals surface area contributed by atoms with Gasteiger partial charge in [0.15, 0.2) is 25.0 Å². The predicted molar refractivity (Wildman–Crippen MR) is 374 cm³/mol. The van der Waals surface area contributed by atoms with Crippen LogP contribution in [0.4, 0.5) is 0 Å². The zero-order chi connectivity index (χ0) is 84.4. The molecule has 41 heteroatoms. The Balaban J connectivity index is 0.840. The molecule has 22 N–H and O–H groups in total. The number of aliphatic carboxylic acids is 1. The minimum atomic E-state index is -3.81. The first-order valence-corrected chi connectivity index (χ1v) is 42.7. The summed E-state index contributed by atoms with van der Waals surface area (Å²) in [7, 11) is 0. The van der Waals surface area contributed by atoms with Gasteiger partial charge in [0.25, 0.3) is 0 Å². The number of esters is 1. The molecule has 0 amide bonds. The molecule has 6 saturated heterocycles. The quantitative estimate of drug-likeness (QED) is 0.00826. The minimum absolute atomic E-state index is 0.106. The first-order valence-electron chi connectivity index (χ1n) is 39.3. The van der Waals surface area contributed by atoms with E-state index in [1.807, 2.05) is 0 Å². The fraction of sp³-hybridized carbons (Fsp3) is 0.932. The molecule has 0 aromatic heterocycles. The van der Waals surface area contributed by atoms with Gasteiger partial charge in [0.1, 0.15) is 55.1 Å².